The number of rotatable bonds is 7. The average molecular weight is 464 g/mol. The molecule has 0 unspecified atom stereocenters. The first-order valence-electron chi connectivity index (χ1n) is 10.1. The van der Waals surface area contributed by atoms with Gasteiger partial charge in [0.05, 0.1) is 11.9 Å². The predicted octanol–water partition coefficient (Wildman–Crippen LogP) is 3.51. The van der Waals surface area contributed by atoms with Crippen molar-refractivity contribution in [2.75, 3.05) is 18.9 Å². The standard InChI is InChI=1S/C21H23ClFN5O2S/c1-12-15(9-16-17(22)6-3-7-18(16)23)13(2)28-20(25-12)26-21(27-28)31-11-19(29)24-10-14-5-4-8-30-14/h3,6-7,14H,4-5,8-11H2,1-2H3,(H,24,29)/t14-/m1/s1. The van der Waals surface area contributed by atoms with Crippen LogP contribution in [0.4, 0.5) is 4.39 Å². The third-order valence-corrected chi connectivity index (χ3v) is 6.52. The Kier molecular flexibility index (Phi) is 6.74. The molecular weight excluding hydrogens is 441 g/mol. The lowest BCUT2D eigenvalue weighted by Crippen LogP contribution is -2.32. The largest absolute Gasteiger partial charge is 0.376 e. The average Bonchev–Trinajstić information content (AvgIpc) is 3.39. The first kappa shape index (κ1) is 22.0. The van der Waals surface area contributed by atoms with Crippen LogP contribution >= 0.6 is 23.4 Å². The summed E-state index contributed by atoms with van der Waals surface area (Å²) in [6.07, 6.45) is 2.43. The second-order valence-electron chi connectivity index (χ2n) is 7.47. The minimum absolute atomic E-state index is 0.0879. The molecule has 7 nitrogen and oxygen atoms in total. The summed E-state index contributed by atoms with van der Waals surface area (Å²) in [4.78, 5) is 21.1. The number of aryl methyl sites for hydroxylation is 2. The number of amides is 1. The van der Waals surface area contributed by atoms with E-state index in [0.717, 1.165) is 36.4 Å². The Morgan fingerprint density at radius 1 is 1.35 bits per heavy atom. The minimum atomic E-state index is -0.352. The molecule has 1 aliphatic rings. The Bertz CT molecular complexity index is 1100. The van der Waals surface area contributed by atoms with E-state index in [1.807, 2.05) is 13.8 Å². The monoisotopic (exact) mass is 463 g/mol. The zero-order chi connectivity index (χ0) is 22.0. The van der Waals surface area contributed by atoms with Crippen molar-refractivity contribution in [3.8, 4) is 0 Å². The van der Waals surface area contributed by atoms with Crippen LogP contribution in [0.15, 0.2) is 23.4 Å². The number of carbonyl (C=O) groups excluding carboxylic acids is 1. The molecule has 10 heteroatoms. The molecule has 0 aliphatic carbocycles. The second-order valence-corrected chi connectivity index (χ2v) is 8.82. The fourth-order valence-corrected chi connectivity index (χ4v) is 4.48. The van der Waals surface area contributed by atoms with Gasteiger partial charge in [-0.1, -0.05) is 29.4 Å². The molecule has 4 rings (SSSR count). The summed E-state index contributed by atoms with van der Waals surface area (Å²) in [6, 6.07) is 4.65. The number of benzene rings is 1. The Hall–Kier alpha value is -2.23. The Morgan fingerprint density at radius 2 is 2.19 bits per heavy atom. The molecule has 1 fully saturated rings. The molecule has 1 atom stereocenters. The SMILES string of the molecule is Cc1nc2nc(SCC(=O)NC[C@H]3CCCO3)nn2c(C)c1Cc1c(F)cccc1Cl. The van der Waals surface area contributed by atoms with Gasteiger partial charge in [0.1, 0.15) is 5.82 Å². The van der Waals surface area contributed by atoms with Crippen molar-refractivity contribution in [1.82, 2.24) is 24.9 Å². The first-order chi connectivity index (χ1) is 14.9. The maximum absolute atomic E-state index is 14.3. The summed E-state index contributed by atoms with van der Waals surface area (Å²) >= 11 is 7.45. The predicted molar refractivity (Wildman–Crippen MR) is 117 cm³/mol. The topological polar surface area (TPSA) is 81.4 Å². The van der Waals surface area contributed by atoms with Gasteiger partial charge in [-0.15, -0.1) is 5.10 Å². The van der Waals surface area contributed by atoms with Gasteiger partial charge in [0, 0.05) is 41.5 Å². The molecule has 1 amide bonds. The van der Waals surface area contributed by atoms with Crippen LogP contribution in [0.25, 0.3) is 5.78 Å². The van der Waals surface area contributed by atoms with Crippen molar-refractivity contribution in [2.45, 2.75) is 44.4 Å². The summed E-state index contributed by atoms with van der Waals surface area (Å²) in [6.45, 7) is 5.04. The van der Waals surface area contributed by atoms with Gasteiger partial charge in [0.15, 0.2) is 0 Å². The molecule has 164 valence electrons. The maximum Gasteiger partial charge on any atom is 0.253 e. The van der Waals surface area contributed by atoms with Crippen LogP contribution in [0.2, 0.25) is 5.02 Å². The van der Waals surface area contributed by atoms with E-state index in [1.165, 1.54) is 17.8 Å². The van der Waals surface area contributed by atoms with Crippen LogP contribution in [-0.4, -0.2) is 50.5 Å². The van der Waals surface area contributed by atoms with Gasteiger partial charge in [-0.05, 0) is 44.4 Å². The Labute approximate surface area is 188 Å². The van der Waals surface area contributed by atoms with Crippen LogP contribution in [-0.2, 0) is 16.0 Å². The van der Waals surface area contributed by atoms with E-state index >= 15 is 0 Å². The lowest BCUT2D eigenvalue weighted by Gasteiger charge is -2.12. The fourth-order valence-electron chi connectivity index (χ4n) is 3.60. The molecular formula is C21H23ClFN5O2S. The van der Waals surface area contributed by atoms with E-state index in [4.69, 9.17) is 16.3 Å². The van der Waals surface area contributed by atoms with E-state index in [1.54, 1.807) is 16.6 Å². The fraction of sp³-hybridized carbons (Fsp3) is 0.429. The molecule has 0 radical (unpaired) electrons. The van der Waals surface area contributed by atoms with Crippen LogP contribution in [0.1, 0.15) is 35.4 Å². The number of halogens is 2. The Morgan fingerprint density at radius 3 is 2.94 bits per heavy atom. The van der Waals surface area contributed by atoms with Crippen molar-refractivity contribution in [1.29, 1.82) is 0 Å². The molecule has 3 aromatic rings. The van der Waals surface area contributed by atoms with Gasteiger partial charge in [-0.2, -0.15) is 4.98 Å². The summed E-state index contributed by atoms with van der Waals surface area (Å²) < 4.78 is 21.4. The van der Waals surface area contributed by atoms with Crippen LogP contribution in [0.5, 0.6) is 0 Å². The number of ether oxygens (including phenoxy) is 1. The van der Waals surface area contributed by atoms with Gasteiger partial charge in [0.25, 0.3) is 5.78 Å². The third kappa shape index (κ3) is 4.99. The van der Waals surface area contributed by atoms with Gasteiger partial charge in [-0.3, -0.25) is 4.79 Å². The second kappa shape index (κ2) is 9.50. The lowest BCUT2D eigenvalue weighted by molar-refractivity contribution is -0.119. The molecule has 1 aliphatic heterocycles. The number of nitrogens with one attached hydrogen (secondary N) is 1. The maximum atomic E-state index is 14.3. The van der Waals surface area contributed by atoms with Gasteiger partial charge in [-0.25, -0.2) is 13.9 Å². The number of fused-ring (bicyclic) bond motifs is 1. The van der Waals surface area contributed by atoms with Crippen LogP contribution in [0, 0.1) is 19.7 Å². The van der Waals surface area contributed by atoms with Crippen molar-refractivity contribution in [2.24, 2.45) is 0 Å². The zero-order valence-corrected chi connectivity index (χ0v) is 18.9. The van der Waals surface area contributed by atoms with Gasteiger partial charge >= 0.3 is 0 Å². The molecule has 1 saturated heterocycles. The van der Waals surface area contributed by atoms with Crippen LogP contribution in [0.3, 0.4) is 0 Å². The number of aromatic nitrogens is 4. The highest BCUT2D eigenvalue weighted by Gasteiger charge is 2.19. The summed E-state index contributed by atoms with van der Waals surface area (Å²) in [5, 5.41) is 8.21. The first-order valence-corrected chi connectivity index (χ1v) is 11.5. The highest BCUT2D eigenvalue weighted by atomic mass is 35.5. The van der Waals surface area contributed by atoms with Crippen molar-refractivity contribution < 1.29 is 13.9 Å². The lowest BCUT2D eigenvalue weighted by atomic mass is 10.0. The van der Waals surface area contributed by atoms with Gasteiger partial charge in [0.2, 0.25) is 11.1 Å². The zero-order valence-electron chi connectivity index (χ0n) is 17.3. The van der Waals surface area contributed by atoms with E-state index in [0.29, 0.717) is 34.5 Å². The van der Waals surface area contributed by atoms with E-state index in [-0.39, 0.29) is 23.6 Å². The quantitative estimate of drug-likeness (QED) is 0.540. The van der Waals surface area contributed by atoms with Crippen LogP contribution < -0.4 is 5.32 Å². The minimum Gasteiger partial charge on any atom is -0.376 e. The number of thioether (sulfide) groups is 1. The smallest absolute Gasteiger partial charge is 0.253 e. The summed E-state index contributed by atoms with van der Waals surface area (Å²) in [7, 11) is 0. The highest BCUT2D eigenvalue weighted by molar-refractivity contribution is 7.99. The number of hydrogen-bond donors (Lipinski definition) is 1. The molecule has 0 bridgehead atoms. The Balaban J connectivity index is 1.47. The van der Waals surface area contributed by atoms with Crippen molar-refractivity contribution >= 4 is 35.0 Å². The molecule has 3 heterocycles. The van der Waals surface area contributed by atoms with E-state index < -0.39 is 0 Å². The summed E-state index contributed by atoms with van der Waals surface area (Å²) in [5.74, 6) is 0.213. The highest BCUT2D eigenvalue weighted by Crippen LogP contribution is 2.26. The van der Waals surface area contributed by atoms with Crippen molar-refractivity contribution in [3.63, 3.8) is 0 Å². The number of nitrogens with zero attached hydrogens (tertiary/aromatic N) is 4. The molecule has 2 aromatic heterocycles. The number of hydrogen-bond acceptors (Lipinski definition) is 6. The normalized spacial score (nSPS) is 16.2. The molecule has 31 heavy (non-hydrogen) atoms. The third-order valence-electron chi connectivity index (χ3n) is 5.33. The molecule has 1 aromatic carbocycles. The van der Waals surface area contributed by atoms with Gasteiger partial charge < -0.3 is 10.1 Å². The van der Waals surface area contributed by atoms with E-state index in [9.17, 15) is 9.18 Å². The van der Waals surface area contributed by atoms with Crippen molar-refractivity contribution in [3.05, 3.63) is 51.6 Å². The number of carbonyl (C=O) groups is 1. The van der Waals surface area contributed by atoms with E-state index in [2.05, 4.69) is 20.4 Å². The molecule has 0 saturated carbocycles. The summed E-state index contributed by atoms with van der Waals surface area (Å²) in [5.41, 5.74) is 2.82. The molecule has 0 spiro atoms. The molecule has 1 N–H and O–H groups in total.